The van der Waals surface area contributed by atoms with Crippen LogP contribution in [0.15, 0.2) is 11.1 Å². The van der Waals surface area contributed by atoms with Crippen molar-refractivity contribution >= 4 is 17.7 Å². The Balaban J connectivity index is 3.06. The largest absolute Gasteiger partial charge is 0.481 e. The van der Waals surface area contributed by atoms with Gasteiger partial charge in [0, 0.05) is 23.8 Å². The van der Waals surface area contributed by atoms with Gasteiger partial charge in [-0.25, -0.2) is 0 Å². The number of aliphatic carboxylic acids is 1. The first-order chi connectivity index (χ1) is 6.06. The molecule has 0 aliphatic heterocycles. The van der Waals surface area contributed by atoms with E-state index in [1.807, 2.05) is 31.0 Å². The second-order valence-corrected chi connectivity index (χ2v) is 3.77. The number of carboxylic acids is 1. The standard InChI is InChI=1S/C9H13NO2S/c1-6-9(13-3)7(4-8(11)12)5-10(6)2/h5H,4H2,1-3H3,(H,11,12). The molecule has 0 aliphatic carbocycles. The van der Waals surface area contributed by atoms with Crippen molar-refractivity contribution in [2.24, 2.45) is 7.05 Å². The summed E-state index contributed by atoms with van der Waals surface area (Å²) < 4.78 is 1.96. The Morgan fingerprint density at radius 3 is 2.77 bits per heavy atom. The summed E-state index contributed by atoms with van der Waals surface area (Å²) in [5.74, 6) is -0.777. The molecule has 1 aromatic rings. The van der Waals surface area contributed by atoms with E-state index in [2.05, 4.69) is 0 Å². The smallest absolute Gasteiger partial charge is 0.307 e. The van der Waals surface area contributed by atoms with E-state index < -0.39 is 5.97 Å². The average molecular weight is 199 g/mol. The summed E-state index contributed by atoms with van der Waals surface area (Å²) in [6.45, 7) is 2.00. The van der Waals surface area contributed by atoms with Crippen molar-refractivity contribution < 1.29 is 9.90 Å². The second kappa shape index (κ2) is 3.87. The summed E-state index contributed by atoms with van der Waals surface area (Å²) in [6, 6.07) is 0. The lowest BCUT2D eigenvalue weighted by atomic mass is 10.2. The van der Waals surface area contributed by atoms with Crippen LogP contribution in [0.5, 0.6) is 0 Å². The highest BCUT2D eigenvalue weighted by molar-refractivity contribution is 7.98. The van der Waals surface area contributed by atoms with Gasteiger partial charge in [0.1, 0.15) is 0 Å². The Morgan fingerprint density at radius 1 is 1.69 bits per heavy atom. The molecule has 3 nitrogen and oxygen atoms in total. The van der Waals surface area contributed by atoms with E-state index >= 15 is 0 Å². The minimum atomic E-state index is -0.777. The molecule has 4 heteroatoms. The zero-order chi connectivity index (χ0) is 10.0. The van der Waals surface area contributed by atoms with Crippen molar-refractivity contribution in [3.63, 3.8) is 0 Å². The zero-order valence-corrected chi connectivity index (χ0v) is 8.81. The van der Waals surface area contributed by atoms with E-state index in [4.69, 9.17) is 5.11 Å². The molecule has 0 bridgehead atoms. The van der Waals surface area contributed by atoms with Gasteiger partial charge in [-0.3, -0.25) is 4.79 Å². The van der Waals surface area contributed by atoms with Crippen LogP contribution in [0.3, 0.4) is 0 Å². The fourth-order valence-electron chi connectivity index (χ4n) is 1.35. The number of thioether (sulfide) groups is 1. The third-order valence-electron chi connectivity index (χ3n) is 2.04. The Kier molecular flexibility index (Phi) is 3.03. The summed E-state index contributed by atoms with van der Waals surface area (Å²) >= 11 is 1.60. The molecule has 0 atom stereocenters. The third kappa shape index (κ3) is 2.06. The number of carboxylic acid groups (broad SMARTS) is 1. The van der Waals surface area contributed by atoms with Gasteiger partial charge in [-0.05, 0) is 18.7 Å². The molecule has 1 heterocycles. The van der Waals surface area contributed by atoms with Gasteiger partial charge in [0.2, 0.25) is 0 Å². The van der Waals surface area contributed by atoms with Gasteiger partial charge in [-0.2, -0.15) is 0 Å². The molecule has 1 aromatic heterocycles. The Morgan fingerprint density at radius 2 is 2.31 bits per heavy atom. The van der Waals surface area contributed by atoms with E-state index in [9.17, 15) is 4.79 Å². The Hall–Kier alpha value is -0.900. The fourth-order valence-corrected chi connectivity index (χ4v) is 2.18. The molecule has 0 spiro atoms. The van der Waals surface area contributed by atoms with Crippen LogP contribution in [0, 0.1) is 6.92 Å². The van der Waals surface area contributed by atoms with Crippen molar-refractivity contribution in [1.82, 2.24) is 4.57 Å². The van der Waals surface area contributed by atoms with Gasteiger partial charge in [0.15, 0.2) is 0 Å². The minimum Gasteiger partial charge on any atom is -0.481 e. The highest BCUT2D eigenvalue weighted by atomic mass is 32.2. The molecular weight excluding hydrogens is 186 g/mol. The Labute approximate surface area is 81.8 Å². The summed E-state index contributed by atoms with van der Waals surface area (Å²) in [6.07, 6.45) is 3.96. The first kappa shape index (κ1) is 10.2. The molecule has 0 fully saturated rings. The molecule has 13 heavy (non-hydrogen) atoms. The van der Waals surface area contributed by atoms with Crippen molar-refractivity contribution in [1.29, 1.82) is 0 Å². The molecule has 0 aromatic carbocycles. The first-order valence-electron chi connectivity index (χ1n) is 3.96. The number of aryl methyl sites for hydroxylation is 1. The van der Waals surface area contributed by atoms with Crippen LogP contribution >= 0.6 is 11.8 Å². The van der Waals surface area contributed by atoms with E-state index in [-0.39, 0.29) is 6.42 Å². The lowest BCUT2D eigenvalue weighted by Gasteiger charge is -1.98. The highest BCUT2D eigenvalue weighted by Gasteiger charge is 2.12. The van der Waals surface area contributed by atoms with Crippen LogP contribution in [0.4, 0.5) is 0 Å². The van der Waals surface area contributed by atoms with Gasteiger partial charge in [0.25, 0.3) is 0 Å². The predicted octanol–water partition coefficient (Wildman–Crippen LogP) is 1.68. The molecule has 0 saturated heterocycles. The van der Waals surface area contributed by atoms with E-state index in [0.29, 0.717) is 0 Å². The molecule has 0 aliphatic rings. The molecule has 0 radical (unpaired) electrons. The summed E-state index contributed by atoms with van der Waals surface area (Å²) in [5, 5.41) is 8.67. The van der Waals surface area contributed by atoms with Crippen molar-refractivity contribution in [3.8, 4) is 0 Å². The van der Waals surface area contributed by atoms with Crippen LogP contribution in [0.1, 0.15) is 11.3 Å². The molecular formula is C9H13NO2S. The molecule has 0 amide bonds. The zero-order valence-electron chi connectivity index (χ0n) is 8.00. The maximum absolute atomic E-state index is 10.5. The number of hydrogen-bond acceptors (Lipinski definition) is 2. The van der Waals surface area contributed by atoms with Gasteiger partial charge in [-0.1, -0.05) is 0 Å². The van der Waals surface area contributed by atoms with Crippen LogP contribution < -0.4 is 0 Å². The van der Waals surface area contributed by atoms with Gasteiger partial charge < -0.3 is 9.67 Å². The molecule has 72 valence electrons. The summed E-state index contributed by atoms with van der Waals surface area (Å²) in [4.78, 5) is 11.6. The van der Waals surface area contributed by atoms with Crippen LogP contribution in [0.2, 0.25) is 0 Å². The van der Waals surface area contributed by atoms with Crippen molar-refractivity contribution in [2.45, 2.75) is 18.2 Å². The molecule has 0 saturated carbocycles. The number of nitrogens with zero attached hydrogens (tertiary/aromatic N) is 1. The van der Waals surface area contributed by atoms with Crippen LogP contribution in [-0.4, -0.2) is 21.9 Å². The summed E-state index contributed by atoms with van der Waals surface area (Å²) in [5.41, 5.74) is 2.03. The van der Waals surface area contributed by atoms with Gasteiger partial charge in [0.05, 0.1) is 6.42 Å². The number of rotatable bonds is 3. The molecule has 0 unspecified atom stereocenters. The first-order valence-corrected chi connectivity index (χ1v) is 5.19. The maximum atomic E-state index is 10.5. The fraction of sp³-hybridized carbons (Fsp3) is 0.444. The quantitative estimate of drug-likeness (QED) is 0.753. The monoisotopic (exact) mass is 199 g/mol. The predicted molar refractivity (Wildman–Crippen MR) is 53.3 cm³/mol. The topological polar surface area (TPSA) is 42.2 Å². The molecule has 1 N–H and O–H groups in total. The second-order valence-electron chi connectivity index (χ2n) is 2.95. The number of hydrogen-bond donors (Lipinski definition) is 1. The third-order valence-corrected chi connectivity index (χ3v) is 3.01. The lowest BCUT2D eigenvalue weighted by molar-refractivity contribution is -0.136. The van der Waals surface area contributed by atoms with E-state index in [1.165, 1.54) is 0 Å². The van der Waals surface area contributed by atoms with Gasteiger partial charge in [-0.15, -0.1) is 11.8 Å². The number of aromatic nitrogens is 1. The van der Waals surface area contributed by atoms with Crippen molar-refractivity contribution in [2.75, 3.05) is 6.26 Å². The highest BCUT2D eigenvalue weighted by Crippen LogP contribution is 2.26. The van der Waals surface area contributed by atoms with Crippen LogP contribution in [0.25, 0.3) is 0 Å². The van der Waals surface area contributed by atoms with Crippen LogP contribution in [-0.2, 0) is 18.3 Å². The van der Waals surface area contributed by atoms with E-state index in [0.717, 1.165) is 16.2 Å². The summed E-state index contributed by atoms with van der Waals surface area (Å²) in [7, 11) is 1.93. The average Bonchev–Trinajstić information content (AvgIpc) is 2.27. The minimum absolute atomic E-state index is 0.109. The molecule has 1 rings (SSSR count). The SMILES string of the molecule is CSc1c(CC(=O)O)cn(C)c1C. The maximum Gasteiger partial charge on any atom is 0.307 e. The number of carbonyl (C=O) groups is 1. The van der Waals surface area contributed by atoms with Crippen molar-refractivity contribution in [3.05, 3.63) is 17.5 Å². The van der Waals surface area contributed by atoms with Gasteiger partial charge >= 0.3 is 5.97 Å². The van der Waals surface area contributed by atoms with E-state index in [1.54, 1.807) is 11.8 Å². The lowest BCUT2D eigenvalue weighted by Crippen LogP contribution is -1.99. The Bertz CT molecular complexity index is 331. The normalized spacial score (nSPS) is 10.4.